The maximum atomic E-state index is 12.7. The molecule has 1 unspecified atom stereocenters. The van der Waals surface area contributed by atoms with Crippen LogP contribution in [0.1, 0.15) is 181 Å². The second kappa shape index (κ2) is 47.5. The molecular formula is C54H84O6. The van der Waals surface area contributed by atoms with Gasteiger partial charge in [0.1, 0.15) is 13.2 Å². The Morgan fingerprint density at radius 3 is 1.30 bits per heavy atom. The molecule has 6 nitrogen and oxygen atoms in total. The van der Waals surface area contributed by atoms with E-state index in [2.05, 4.69) is 106 Å². The molecule has 0 spiro atoms. The van der Waals surface area contributed by atoms with Crippen molar-refractivity contribution < 1.29 is 28.6 Å². The van der Waals surface area contributed by atoms with E-state index >= 15 is 0 Å². The summed E-state index contributed by atoms with van der Waals surface area (Å²) in [6.07, 6.45) is 64.7. The molecule has 0 rings (SSSR count). The van der Waals surface area contributed by atoms with Crippen molar-refractivity contribution in [3.63, 3.8) is 0 Å². The highest BCUT2D eigenvalue weighted by atomic mass is 16.6. The highest BCUT2D eigenvalue weighted by molar-refractivity contribution is 5.71. The van der Waals surface area contributed by atoms with Gasteiger partial charge in [0.05, 0.1) is 0 Å². The molecule has 0 bridgehead atoms. The van der Waals surface area contributed by atoms with Crippen LogP contribution in [0.4, 0.5) is 0 Å². The van der Waals surface area contributed by atoms with Gasteiger partial charge in [0.2, 0.25) is 0 Å². The van der Waals surface area contributed by atoms with Crippen LogP contribution < -0.4 is 0 Å². The number of esters is 3. The van der Waals surface area contributed by atoms with Crippen LogP contribution in [-0.4, -0.2) is 37.2 Å². The van der Waals surface area contributed by atoms with Crippen molar-refractivity contribution in [2.24, 2.45) is 0 Å². The summed E-state index contributed by atoms with van der Waals surface area (Å²) in [5.74, 6) is -1.05. The molecule has 0 fully saturated rings. The maximum Gasteiger partial charge on any atom is 0.306 e. The molecule has 0 aliphatic rings. The van der Waals surface area contributed by atoms with E-state index in [0.29, 0.717) is 19.3 Å². The molecular weight excluding hydrogens is 745 g/mol. The highest BCUT2D eigenvalue weighted by Gasteiger charge is 2.19. The fourth-order valence-corrected chi connectivity index (χ4v) is 5.77. The summed E-state index contributed by atoms with van der Waals surface area (Å²) >= 11 is 0. The van der Waals surface area contributed by atoms with Gasteiger partial charge >= 0.3 is 17.9 Å². The second-order valence-electron chi connectivity index (χ2n) is 15.0. The molecule has 6 heteroatoms. The number of ether oxygens (including phenoxy) is 3. The van der Waals surface area contributed by atoms with Gasteiger partial charge in [-0.1, -0.05) is 181 Å². The van der Waals surface area contributed by atoms with E-state index < -0.39 is 6.10 Å². The summed E-state index contributed by atoms with van der Waals surface area (Å²) in [6.45, 7) is 6.23. The summed E-state index contributed by atoms with van der Waals surface area (Å²) < 4.78 is 16.6. The Kier molecular flexibility index (Phi) is 44.2. The average molecular weight is 829 g/mol. The number of carbonyl (C=O) groups is 3. The predicted molar refractivity (Wildman–Crippen MR) is 256 cm³/mol. The lowest BCUT2D eigenvalue weighted by Gasteiger charge is -2.18. The average Bonchev–Trinajstić information content (AvgIpc) is 3.24. The zero-order valence-corrected chi connectivity index (χ0v) is 38.2. The third-order valence-electron chi connectivity index (χ3n) is 9.28. The number of carbonyl (C=O) groups excluding carboxylic acids is 3. The van der Waals surface area contributed by atoms with Crippen molar-refractivity contribution in [2.75, 3.05) is 13.2 Å². The van der Waals surface area contributed by atoms with Crippen LogP contribution in [0.3, 0.4) is 0 Å². The lowest BCUT2D eigenvalue weighted by atomic mass is 10.1. The topological polar surface area (TPSA) is 78.9 Å². The molecule has 0 aromatic carbocycles. The molecule has 0 saturated heterocycles. The van der Waals surface area contributed by atoms with Gasteiger partial charge in [0.15, 0.2) is 6.10 Å². The molecule has 0 N–H and O–H groups in total. The molecule has 0 aromatic heterocycles. The van der Waals surface area contributed by atoms with Gasteiger partial charge in [-0.25, -0.2) is 0 Å². The van der Waals surface area contributed by atoms with Crippen molar-refractivity contribution in [1.29, 1.82) is 0 Å². The Morgan fingerprint density at radius 2 is 0.750 bits per heavy atom. The molecule has 0 aliphatic carbocycles. The van der Waals surface area contributed by atoms with Gasteiger partial charge in [-0.2, -0.15) is 0 Å². The van der Waals surface area contributed by atoms with Crippen LogP contribution in [0, 0.1) is 0 Å². The molecule has 1 atom stereocenters. The molecule has 0 radical (unpaired) electrons. The minimum Gasteiger partial charge on any atom is -0.462 e. The summed E-state index contributed by atoms with van der Waals surface area (Å²) in [5.41, 5.74) is 0. The van der Waals surface area contributed by atoms with E-state index in [1.54, 1.807) is 0 Å². The summed E-state index contributed by atoms with van der Waals surface area (Å²) in [7, 11) is 0. The molecule has 336 valence electrons. The second-order valence-corrected chi connectivity index (χ2v) is 15.0. The standard InChI is InChI=1S/C54H84O6/c1-4-7-10-13-16-19-22-25-26-27-28-30-32-35-38-41-44-47-53(56)59-50-51(49-58-52(55)46-43-40-37-34-31-24-21-18-15-12-9-6-3)60-54(57)48-45-42-39-36-33-29-23-20-17-14-11-8-5-2/h8-9,11-12,14,16-21,23,25-26,28-30,33,35,38,51H,4-7,10,13,15,22,24,27,31-32,34,36-37,39-50H2,1-3H3/b11-8-,12-9-,17-14-,19-16-,21-18-,23-20-,26-25-,30-28-,33-29-,38-35-. The van der Waals surface area contributed by atoms with Crippen molar-refractivity contribution >= 4 is 17.9 Å². The van der Waals surface area contributed by atoms with Gasteiger partial charge in [-0.15, -0.1) is 0 Å². The van der Waals surface area contributed by atoms with Gasteiger partial charge in [-0.05, 0) is 103 Å². The van der Waals surface area contributed by atoms with Crippen LogP contribution in [0.15, 0.2) is 122 Å². The van der Waals surface area contributed by atoms with Crippen molar-refractivity contribution in [2.45, 2.75) is 187 Å². The van der Waals surface area contributed by atoms with Crippen molar-refractivity contribution in [3.05, 3.63) is 122 Å². The van der Waals surface area contributed by atoms with Gasteiger partial charge in [0.25, 0.3) is 0 Å². The zero-order valence-electron chi connectivity index (χ0n) is 38.2. The van der Waals surface area contributed by atoms with Gasteiger partial charge < -0.3 is 14.2 Å². The first kappa shape index (κ1) is 55.8. The molecule has 0 saturated carbocycles. The lowest BCUT2D eigenvalue weighted by Crippen LogP contribution is -2.30. The Bertz CT molecular complexity index is 1320. The first-order valence-corrected chi connectivity index (χ1v) is 23.6. The van der Waals surface area contributed by atoms with E-state index in [1.165, 1.54) is 25.7 Å². The van der Waals surface area contributed by atoms with Crippen LogP contribution in [0.25, 0.3) is 0 Å². The first-order chi connectivity index (χ1) is 29.5. The smallest absolute Gasteiger partial charge is 0.306 e. The SMILES string of the molecule is CC\C=C/C=C\C=C/C=C\CCCCCC(=O)OC(COC(=O)CCC/C=C\C/C=C\C/C=C\C/C=C\CCCCC)COC(=O)CCCCCCC/C=C\C/C=C\CC. The normalized spacial score (nSPS) is 13.2. The van der Waals surface area contributed by atoms with E-state index in [9.17, 15) is 14.4 Å². The Balaban J connectivity index is 4.57. The van der Waals surface area contributed by atoms with Crippen molar-refractivity contribution in [1.82, 2.24) is 0 Å². The Labute approximate surface area is 367 Å². The number of unbranched alkanes of at least 4 members (excludes halogenated alkanes) is 12. The largest absolute Gasteiger partial charge is 0.462 e. The summed E-state index contributed by atoms with van der Waals surface area (Å²) in [4.78, 5) is 37.8. The number of rotatable bonds is 40. The summed E-state index contributed by atoms with van der Waals surface area (Å²) in [5, 5.41) is 0. The minimum absolute atomic E-state index is 0.123. The number of allylic oxidation sites excluding steroid dienone is 20. The van der Waals surface area contributed by atoms with E-state index in [0.717, 1.165) is 103 Å². The van der Waals surface area contributed by atoms with Crippen LogP contribution >= 0.6 is 0 Å². The van der Waals surface area contributed by atoms with Gasteiger partial charge in [0, 0.05) is 19.3 Å². The van der Waals surface area contributed by atoms with Crippen LogP contribution in [0.5, 0.6) is 0 Å². The molecule has 0 heterocycles. The lowest BCUT2D eigenvalue weighted by molar-refractivity contribution is -0.167. The highest BCUT2D eigenvalue weighted by Crippen LogP contribution is 2.11. The van der Waals surface area contributed by atoms with Crippen molar-refractivity contribution in [3.8, 4) is 0 Å². The third-order valence-corrected chi connectivity index (χ3v) is 9.28. The maximum absolute atomic E-state index is 12.7. The number of hydrogen-bond donors (Lipinski definition) is 0. The van der Waals surface area contributed by atoms with Crippen LogP contribution in [0.2, 0.25) is 0 Å². The molecule has 0 aliphatic heterocycles. The minimum atomic E-state index is -0.828. The molecule has 0 aromatic rings. The van der Waals surface area contributed by atoms with Gasteiger partial charge in [-0.3, -0.25) is 14.4 Å². The third kappa shape index (κ3) is 44.9. The Hall–Kier alpha value is -4.19. The first-order valence-electron chi connectivity index (χ1n) is 23.6. The molecule has 0 amide bonds. The van der Waals surface area contributed by atoms with E-state index in [1.807, 2.05) is 36.5 Å². The zero-order chi connectivity index (χ0) is 43.7. The summed E-state index contributed by atoms with van der Waals surface area (Å²) in [6, 6.07) is 0. The van der Waals surface area contributed by atoms with E-state index in [4.69, 9.17) is 14.2 Å². The fraction of sp³-hybridized carbons (Fsp3) is 0.574. The Morgan fingerprint density at radius 1 is 0.367 bits per heavy atom. The molecule has 60 heavy (non-hydrogen) atoms. The van der Waals surface area contributed by atoms with Crippen LogP contribution in [-0.2, 0) is 28.6 Å². The monoisotopic (exact) mass is 829 g/mol. The number of hydrogen-bond acceptors (Lipinski definition) is 6. The fourth-order valence-electron chi connectivity index (χ4n) is 5.77. The van der Waals surface area contributed by atoms with E-state index in [-0.39, 0.29) is 44.0 Å². The quantitative estimate of drug-likeness (QED) is 0.0201. The predicted octanol–water partition coefficient (Wildman–Crippen LogP) is 15.4.